The van der Waals surface area contributed by atoms with Gasteiger partial charge in [0.2, 0.25) is 5.91 Å². The lowest BCUT2D eigenvalue weighted by atomic mass is 9.88. The maximum atomic E-state index is 14.3. The number of nitrogens with zero attached hydrogens (tertiary/aromatic N) is 4. The Morgan fingerprint density at radius 3 is 2.57 bits per heavy atom. The zero-order chi connectivity index (χ0) is 32.4. The van der Waals surface area contributed by atoms with Crippen molar-refractivity contribution in [3.05, 3.63) is 88.9 Å². The maximum absolute atomic E-state index is 14.3. The third-order valence-electron chi connectivity index (χ3n) is 9.22. The van der Waals surface area contributed by atoms with Crippen molar-refractivity contribution in [1.29, 1.82) is 0 Å². The van der Waals surface area contributed by atoms with Gasteiger partial charge in [0.05, 0.1) is 24.4 Å². The van der Waals surface area contributed by atoms with Crippen LogP contribution in [-0.2, 0) is 20.2 Å². The smallest absolute Gasteiger partial charge is 0.317 e. The summed E-state index contributed by atoms with van der Waals surface area (Å²) < 4.78 is 28.0. The SMILES string of the molecule is Cc1c(-c2c(C(C)C)c3cc(C4CCNCC4)ccc3n2C(=O)CCCOP(C)(=O)OCc2ccccc2)cn2ncnc2c1C. The van der Waals surface area contributed by atoms with Crippen LogP contribution >= 0.6 is 7.60 Å². The van der Waals surface area contributed by atoms with Gasteiger partial charge in [0, 0.05) is 30.2 Å². The van der Waals surface area contributed by atoms with Crippen LogP contribution in [0.3, 0.4) is 0 Å². The summed E-state index contributed by atoms with van der Waals surface area (Å²) in [6.07, 6.45) is 6.42. The molecule has 9 nitrogen and oxygen atoms in total. The highest BCUT2D eigenvalue weighted by molar-refractivity contribution is 7.52. The van der Waals surface area contributed by atoms with Crippen molar-refractivity contribution < 1.29 is 18.4 Å². The number of fused-ring (bicyclic) bond motifs is 2. The van der Waals surface area contributed by atoms with E-state index in [4.69, 9.17) is 9.05 Å². The fourth-order valence-electron chi connectivity index (χ4n) is 6.66. The Bertz CT molecular complexity index is 1910. The molecule has 1 aliphatic heterocycles. The number of nitrogens with one attached hydrogen (secondary N) is 1. The molecule has 0 radical (unpaired) electrons. The van der Waals surface area contributed by atoms with Crippen molar-refractivity contribution in [2.45, 2.75) is 71.8 Å². The summed E-state index contributed by atoms with van der Waals surface area (Å²) in [5, 5.41) is 9.05. The van der Waals surface area contributed by atoms with E-state index < -0.39 is 7.60 Å². The van der Waals surface area contributed by atoms with Crippen molar-refractivity contribution in [3.63, 3.8) is 0 Å². The van der Waals surface area contributed by atoms with Gasteiger partial charge in [0.15, 0.2) is 5.65 Å². The van der Waals surface area contributed by atoms with Crippen molar-refractivity contribution in [2.75, 3.05) is 26.4 Å². The number of benzene rings is 2. The zero-order valence-electron chi connectivity index (χ0n) is 27.5. The molecule has 242 valence electrons. The lowest BCUT2D eigenvalue weighted by molar-refractivity contribution is 0.0897. The van der Waals surface area contributed by atoms with E-state index in [0.717, 1.165) is 76.0 Å². The summed E-state index contributed by atoms with van der Waals surface area (Å²) in [6.45, 7) is 12.4. The molecule has 1 atom stereocenters. The monoisotopic (exact) mass is 641 g/mol. The molecule has 1 unspecified atom stereocenters. The predicted molar refractivity (Wildman–Crippen MR) is 183 cm³/mol. The van der Waals surface area contributed by atoms with Crippen LogP contribution in [0.4, 0.5) is 0 Å². The highest BCUT2D eigenvalue weighted by atomic mass is 31.2. The lowest BCUT2D eigenvalue weighted by Crippen LogP contribution is -2.26. The molecule has 2 aromatic carbocycles. The maximum Gasteiger partial charge on any atom is 0.327 e. The molecule has 46 heavy (non-hydrogen) atoms. The highest BCUT2D eigenvalue weighted by Gasteiger charge is 2.28. The molecule has 5 aromatic rings. The topological polar surface area (TPSA) is 99.8 Å². The minimum absolute atomic E-state index is 0.0306. The molecule has 0 bridgehead atoms. The van der Waals surface area contributed by atoms with Crippen LogP contribution in [0, 0.1) is 13.8 Å². The Hall–Kier alpha value is -3.62. The minimum atomic E-state index is -3.28. The van der Waals surface area contributed by atoms with Gasteiger partial charge in [-0.15, -0.1) is 0 Å². The van der Waals surface area contributed by atoms with Gasteiger partial charge in [0.1, 0.15) is 6.33 Å². The molecule has 10 heteroatoms. The molecule has 0 amide bonds. The van der Waals surface area contributed by atoms with Crippen molar-refractivity contribution >= 4 is 30.1 Å². The molecular formula is C36H44N5O4P. The minimum Gasteiger partial charge on any atom is -0.317 e. The first-order chi connectivity index (χ1) is 22.1. The summed E-state index contributed by atoms with van der Waals surface area (Å²) in [5.41, 5.74) is 9.11. The van der Waals surface area contributed by atoms with Crippen LogP contribution in [0.5, 0.6) is 0 Å². The third kappa shape index (κ3) is 6.60. The quantitative estimate of drug-likeness (QED) is 0.115. The van der Waals surface area contributed by atoms with Gasteiger partial charge in [-0.2, -0.15) is 5.10 Å². The number of aryl methyl sites for hydroxylation is 1. The van der Waals surface area contributed by atoms with E-state index in [-0.39, 0.29) is 31.5 Å². The summed E-state index contributed by atoms with van der Waals surface area (Å²) in [6, 6.07) is 16.2. The first kappa shape index (κ1) is 32.3. The fourth-order valence-corrected chi connectivity index (χ4v) is 7.58. The van der Waals surface area contributed by atoms with Crippen LogP contribution in [-0.4, -0.2) is 51.4 Å². The molecule has 0 spiro atoms. The molecule has 1 N–H and O–H groups in total. The van der Waals surface area contributed by atoms with Crippen molar-refractivity contribution in [2.24, 2.45) is 0 Å². The number of pyridine rings is 1. The third-order valence-corrected chi connectivity index (χ3v) is 10.5. The van der Waals surface area contributed by atoms with E-state index in [1.807, 2.05) is 41.1 Å². The summed E-state index contributed by atoms with van der Waals surface area (Å²) in [5.74, 6) is 0.628. The molecule has 1 saturated heterocycles. The average Bonchev–Trinajstić information content (AvgIpc) is 3.67. The van der Waals surface area contributed by atoms with Crippen LogP contribution in [0.2, 0.25) is 0 Å². The fraction of sp³-hybridized carbons (Fsp3) is 0.417. The standard InChI is InChI=1S/C36H44N5O4P/c1-24(2)34-30-20-29(28-15-17-37-18-16-28)13-14-32(30)41(35(34)31-21-40-36(38-23-39-40)26(4)25(31)3)33(42)12-9-19-44-46(5,43)45-22-27-10-7-6-8-11-27/h6-8,10-11,13-14,20-21,23-24,28,37H,9,12,15-19,22H2,1-5H3. The van der Waals surface area contributed by atoms with Crippen LogP contribution in [0.25, 0.3) is 27.8 Å². The van der Waals surface area contributed by atoms with Gasteiger partial charge < -0.3 is 14.4 Å². The van der Waals surface area contributed by atoms with E-state index in [9.17, 15) is 9.36 Å². The highest BCUT2D eigenvalue weighted by Crippen LogP contribution is 2.45. The number of hydrogen-bond acceptors (Lipinski definition) is 7. The molecule has 0 aliphatic carbocycles. The predicted octanol–water partition coefficient (Wildman–Crippen LogP) is 8.03. The molecule has 6 rings (SSSR count). The van der Waals surface area contributed by atoms with E-state index in [1.54, 1.807) is 10.8 Å². The number of aromatic nitrogens is 4. The van der Waals surface area contributed by atoms with E-state index >= 15 is 0 Å². The van der Waals surface area contributed by atoms with Gasteiger partial charge >= 0.3 is 7.60 Å². The Kier molecular flexibility index (Phi) is 9.57. The zero-order valence-corrected chi connectivity index (χ0v) is 28.3. The average molecular weight is 642 g/mol. The second kappa shape index (κ2) is 13.6. The molecule has 3 aromatic heterocycles. The van der Waals surface area contributed by atoms with Crippen LogP contribution in [0.15, 0.2) is 61.1 Å². The van der Waals surface area contributed by atoms with E-state index in [2.05, 4.69) is 61.3 Å². The Morgan fingerprint density at radius 2 is 1.83 bits per heavy atom. The Balaban J connectivity index is 1.34. The van der Waals surface area contributed by atoms with Crippen molar-refractivity contribution in [1.82, 2.24) is 24.5 Å². The normalized spacial score (nSPS) is 15.6. The van der Waals surface area contributed by atoms with Gasteiger partial charge in [-0.25, -0.2) is 9.50 Å². The molecule has 1 aliphatic rings. The van der Waals surface area contributed by atoms with E-state index in [0.29, 0.717) is 12.3 Å². The number of hydrogen-bond donors (Lipinski definition) is 1. The molecule has 0 saturated carbocycles. The second-order valence-electron chi connectivity index (χ2n) is 12.7. The molecular weight excluding hydrogens is 597 g/mol. The van der Waals surface area contributed by atoms with Gasteiger partial charge in [-0.1, -0.05) is 50.2 Å². The van der Waals surface area contributed by atoms with Crippen molar-refractivity contribution in [3.8, 4) is 11.3 Å². The summed E-state index contributed by atoms with van der Waals surface area (Å²) in [7, 11) is -3.28. The number of carbonyl (C=O) groups excluding carboxylic acids is 1. The number of rotatable bonds is 11. The first-order valence-corrected chi connectivity index (χ1v) is 18.3. The van der Waals surface area contributed by atoms with E-state index in [1.165, 1.54) is 12.2 Å². The van der Waals surface area contributed by atoms with Crippen LogP contribution in [0.1, 0.15) is 84.0 Å². The number of carbonyl (C=O) groups is 1. The second-order valence-corrected chi connectivity index (χ2v) is 14.8. The Labute approximate surface area is 270 Å². The number of piperidine rings is 1. The largest absolute Gasteiger partial charge is 0.327 e. The first-order valence-electron chi connectivity index (χ1n) is 16.3. The molecule has 4 heterocycles. The Morgan fingerprint density at radius 1 is 1.07 bits per heavy atom. The van der Waals surface area contributed by atoms with Gasteiger partial charge in [0.25, 0.3) is 0 Å². The summed E-state index contributed by atoms with van der Waals surface area (Å²) >= 11 is 0. The van der Waals surface area contributed by atoms with Gasteiger partial charge in [-0.05, 0) is 98.0 Å². The van der Waals surface area contributed by atoms with Crippen LogP contribution < -0.4 is 5.32 Å². The lowest BCUT2D eigenvalue weighted by Gasteiger charge is -2.23. The van der Waals surface area contributed by atoms with Gasteiger partial charge in [-0.3, -0.25) is 13.9 Å². The molecule has 1 fully saturated rings. The summed E-state index contributed by atoms with van der Waals surface area (Å²) in [4.78, 5) is 18.7.